The molecule has 0 radical (unpaired) electrons. The molecule has 1 N–H and O–H groups in total. The number of furan rings is 1. The van der Waals surface area contributed by atoms with Crippen molar-refractivity contribution < 1.29 is 9.21 Å². The van der Waals surface area contributed by atoms with Crippen LogP contribution in [0.25, 0.3) is 33.4 Å². The molecule has 3 aromatic carbocycles. The number of benzene rings is 3. The fraction of sp³-hybridized carbons (Fsp3) is 0.100. The quantitative estimate of drug-likeness (QED) is 0.336. The van der Waals surface area contributed by atoms with E-state index in [0.717, 1.165) is 27.6 Å². The predicted molar refractivity (Wildman–Crippen MR) is 141 cm³/mol. The molecule has 5 rings (SSSR count). The number of aromatic nitrogens is 1. The number of hydrogen-bond acceptors (Lipinski definition) is 4. The average molecular weight is 474 g/mol. The SMILES string of the molecule is Cc1cc(=O)n(CC(=O)Nc2oc(-c3ccccc3)c(-c3ccccc3)c2C#N)c2c(C)cccc12. The summed E-state index contributed by atoms with van der Waals surface area (Å²) >= 11 is 0. The number of rotatable bonds is 5. The van der Waals surface area contributed by atoms with Crippen molar-refractivity contribution in [2.24, 2.45) is 0 Å². The molecule has 1 amide bonds. The normalized spacial score (nSPS) is 10.8. The molecule has 176 valence electrons. The van der Waals surface area contributed by atoms with Gasteiger partial charge < -0.3 is 4.42 Å². The van der Waals surface area contributed by atoms with Crippen LogP contribution in [0.3, 0.4) is 0 Å². The molecule has 36 heavy (non-hydrogen) atoms. The molecular weight excluding hydrogens is 450 g/mol. The Morgan fingerprint density at radius 1 is 0.917 bits per heavy atom. The van der Waals surface area contributed by atoms with Gasteiger partial charge in [-0.15, -0.1) is 0 Å². The summed E-state index contributed by atoms with van der Waals surface area (Å²) in [5.41, 5.74) is 4.62. The van der Waals surface area contributed by atoms with E-state index in [1.807, 2.05) is 92.7 Å². The maximum atomic E-state index is 13.2. The predicted octanol–water partition coefficient (Wildman–Crippen LogP) is 6.06. The van der Waals surface area contributed by atoms with E-state index in [1.54, 1.807) is 0 Å². The summed E-state index contributed by atoms with van der Waals surface area (Å²) in [7, 11) is 0. The second kappa shape index (κ2) is 9.40. The van der Waals surface area contributed by atoms with Crippen molar-refractivity contribution in [1.29, 1.82) is 5.26 Å². The zero-order valence-corrected chi connectivity index (χ0v) is 19.9. The van der Waals surface area contributed by atoms with Crippen LogP contribution in [-0.2, 0) is 11.3 Å². The van der Waals surface area contributed by atoms with Gasteiger partial charge in [0.15, 0.2) is 0 Å². The molecule has 5 aromatic rings. The fourth-order valence-electron chi connectivity index (χ4n) is 4.55. The van der Waals surface area contributed by atoms with E-state index in [1.165, 1.54) is 10.6 Å². The van der Waals surface area contributed by atoms with E-state index in [2.05, 4.69) is 11.4 Å². The first-order valence-corrected chi connectivity index (χ1v) is 11.5. The first-order valence-electron chi connectivity index (χ1n) is 11.5. The van der Waals surface area contributed by atoms with E-state index in [0.29, 0.717) is 16.8 Å². The lowest BCUT2D eigenvalue weighted by Gasteiger charge is -2.13. The van der Waals surface area contributed by atoms with Gasteiger partial charge >= 0.3 is 0 Å². The maximum Gasteiger partial charge on any atom is 0.251 e. The van der Waals surface area contributed by atoms with Crippen molar-refractivity contribution in [2.45, 2.75) is 20.4 Å². The van der Waals surface area contributed by atoms with Gasteiger partial charge in [-0.05, 0) is 30.5 Å². The summed E-state index contributed by atoms with van der Waals surface area (Å²) in [4.78, 5) is 26.0. The first-order chi connectivity index (χ1) is 17.5. The number of nitrogens with one attached hydrogen (secondary N) is 1. The molecule has 2 heterocycles. The van der Waals surface area contributed by atoms with Gasteiger partial charge in [0.05, 0.1) is 5.52 Å². The maximum absolute atomic E-state index is 13.2. The third-order valence-electron chi connectivity index (χ3n) is 6.21. The number of nitriles is 1. The van der Waals surface area contributed by atoms with Crippen molar-refractivity contribution in [2.75, 3.05) is 5.32 Å². The molecule has 0 bridgehead atoms. The van der Waals surface area contributed by atoms with E-state index < -0.39 is 5.91 Å². The molecule has 2 aromatic heterocycles. The molecule has 0 spiro atoms. The number of hydrogen-bond donors (Lipinski definition) is 1. The lowest BCUT2D eigenvalue weighted by molar-refractivity contribution is -0.116. The van der Waals surface area contributed by atoms with Crippen molar-refractivity contribution in [1.82, 2.24) is 4.57 Å². The number of amides is 1. The van der Waals surface area contributed by atoms with Gasteiger partial charge in [-0.3, -0.25) is 19.5 Å². The van der Waals surface area contributed by atoms with Crippen LogP contribution in [0.5, 0.6) is 0 Å². The Bertz CT molecular complexity index is 1690. The monoisotopic (exact) mass is 473 g/mol. The molecule has 6 heteroatoms. The summed E-state index contributed by atoms with van der Waals surface area (Å²) < 4.78 is 7.56. The van der Waals surface area contributed by atoms with Crippen LogP contribution in [0, 0.1) is 25.2 Å². The zero-order chi connectivity index (χ0) is 25.2. The molecule has 0 aliphatic rings. The second-order valence-electron chi connectivity index (χ2n) is 8.63. The molecule has 0 unspecified atom stereocenters. The number of carbonyl (C=O) groups excluding carboxylic acids is 1. The van der Waals surface area contributed by atoms with E-state index in [-0.39, 0.29) is 23.6 Å². The van der Waals surface area contributed by atoms with Gasteiger partial charge in [-0.25, -0.2) is 0 Å². The third-order valence-corrected chi connectivity index (χ3v) is 6.21. The van der Waals surface area contributed by atoms with Gasteiger partial charge in [0.2, 0.25) is 11.8 Å². The Hall–Kier alpha value is -4.89. The van der Waals surface area contributed by atoms with Crippen LogP contribution in [0.4, 0.5) is 5.88 Å². The summed E-state index contributed by atoms with van der Waals surface area (Å²) in [6.45, 7) is 3.58. The van der Waals surface area contributed by atoms with Crippen LogP contribution in [0.1, 0.15) is 16.7 Å². The molecule has 6 nitrogen and oxygen atoms in total. The number of anilines is 1. The van der Waals surface area contributed by atoms with Crippen LogP contribution in [0.15, 0.2) is 94.1 Å². The largest absolute Gasteiger partial charge is 0.438 e. The van der Waals surface area contributed by atoms with Gasteiger partial charge in [0.25, 0.3) is 5.56 Å². The van der Waals surface area contributed by atoms with Crippen molar-refractivity contribution in [3.63, 3.8) is 0 Å². The minimum Gasteiger partial charge on any atom is -0.438 e. The smallest absolute Gasteiger partial charge is 0.251 e. The molecule has 0 saturated heterocycles. The number of carbonyl (C=O) groups is 1. The number of fused-ring (bicyclic) bond motifs is 1. The summed E-state index contributed by atoms with van der Waals surface area (Å²) in [6, 6.07) is 28.4. The Labute approximate surface area is 208 Å². The highest BCUT2D eigenvalue weighted by molar-refractivity contribution is 5.96. The lowest BCUT2D eigenvalue weighted by atomic mass is 9.98. The molecule has 0 saturated carbocycles. The second-order valence-corrected chi connectivity index (χ2v) is 8.63. The highest BCUT2D eigenvalue weighted by Crippen LogP contribution is 2.41. The average Bonchev–Trinajstić information content (AvgIpc) is 3.25. The number of para-hydroxylation sites is 1. The third kappa shape index (κ3) is 4.08. The molecular formula is C30H23N3O3. The fourth-order valence-corrected chi connectivity index (χ4v) is 4.55. The summed E-state index contributed by atoms with van der Waals surface area (Å²) in [6.07, 6.45) is 0. The highest BCUT2D eigenvalue weighted by Gasteiger charge is 2.24. The van der Waals surface area contributed by atoms with Gasteiger partial charge in [-0.2, -0.15) is 5.26 Å². The van der Waals surface area contributed by atoms with Gasteiger partial charge in [0.1, 0.15) is 23.9 Å². The Morgan fingerprint density at radius 2 is 1.58 bits per heavy atom. The van der Waals surface area contributed by atoms with Crippen LogP contribution >= 0.6 is 0 Å². The zero-order valence-electron chi connectivity index (χ0n) is 19.9. The highest BCUT2D eigenvalue weighted by atomic mass is 16.4. The number of aryl methyl sites for hydroxylation is 2. The van der Waals surface area contributed by atoms with Crippen molar-refractivity contribution >= 4 is 22.7 Å². The Kier molecular flexibility index (Phi) is 5.97. The number of nitrogens with zero attached hydrogens (tertiary/aromatic N) is 2. The minimum absolute atomic E-state index is 0.0568. The van der Waals surface area contributed by atoms with Crippen LogP contribution in [-0.4, -0.2) is 10.5 Å². The van der Waals surface area contributed by atoms with Crippen molar-refractivity contribution in [3.8, 4) is 28.5 Å². The molecule has 0 aliphatic carbocycles. The summed E-state index contributed by atoms with van der Waals surface area (Å²) in [5.74, 6) is 0.0822. The summed E-state index contributed by atoms with van der Waals surface area (Å²) in [5, 5.41) is 13.7. The van der Waals surface area contributed by atoms with Crippen LogP contribution in [0.2, 0.25) is 0 Å². The Morgan fingerprint density at radius 3 is 2.25 bits per heavy atom. The van der Waals surface area contributed by atoms with Crippen LogP contribution < -0.4 is 10.9 Å². The standard InChI is InChI=1S/C30H23N3O3/c1-19-10-9-15-23-20(2)16-26(35)33(28(19)23)18-25(34)32-30-24(17-31)27(21-11-5-3-6-12-21)29(36-30)22-13-7-4-8-14-22/h3-16H,18H2,1-2H3,(H,32,34). The topological polar surface area (TPSA) is 88.0 Å². The molecule has 0 fully saturated rings. The number of pyridine rings is 1. The molecule has 0 atom stereocenters. The van der Waals surface area contributed by atoms with Gasteiger partial charge in [-0.1, -0.05) is 78.9 Å². The minimum atomic E-state index is -0.463. The van der Waals surface area contributed by atoms with E-state index >= 15 is 0 Å². The van der Waals surface area contributed by atoms with E-state index in [9.17, 15) is 14.9 Å². The lowest BCUT2D eigenvalue weighted by Crippen LogP contribution is -2.28. The van der Waals surface area contributed by atoms with Gasteiger partial charge in [0, 0.05) is 22.6 Å². The van der Waals surface area contributed by atoms with E-state index in [4.69, 9.17) is 4.42 Å². The molecule has 0 aliphatic heterocycles. The first kappa shape index (κ1) is 22.9. The Balaban J connectivity index is 1.58. The van der Waals surface area contributed by atoms with Crippen molar-refractivity contribution in [3.05, 3.63) is 112 Å².